The van der Waals surface area contributed by atoms with Crippen molar-refractivity contribution in [1.82, 2.24) is 4.67 Å². The second kappa shape index (κ2) is 41.9. The summed E-state index contributed by atoms with van der Waals surface area (Å²) in [6.45, 7) is 8.60. The third kappa shape index (κ3) is 37.9. The molecule has 0 heterocycles. The van der Waals surface area contributed by atoms with Crippen LogP contribution in [0.15, 0.2) is 0 Å². The zero-order valence-corrected chi connectivity index (χ0v) is 35.8. The van der Waals surface area contributed by atoms with Crippen molar-refractivity contribution in [2.24, 2.45) is 0 Å². The van der Waals surface area contributed by atoms with Gasteiger partial charge >= 0.3 is 7.75 Å². The van der Waals surface area contributed by atoms with Gasteiger partial charge in [-0.1, -0.05) is 252 Å². The maximum atomic E-state index is 13.3. The maximum Gasteiger partial charge on any atom is 0.405 e. The maximum absolute atomic E-state index is 13.3. The molecule has 0 aromatic rings. The average molecular weight is 728 g/mol. The predicted octanol–water partition coefficient (Wildman–Crippen LogP) is 16.7. The fraction of sp³-hybridized carbons (Fsp3) is 1.00. The normalized spacial score (nSPS) is 13.1. The Morgan fingerprint density at radius 3 is 0.780 bits per heavy atom. The van der Waals surface area contributed by atoms with Crippen LogP contribution in [-0.2, 0) is 9.09 Å². The predicted molar refractivity (Wildman–Crippen MR) is 224 cm³/mol. The average Bonchev–Trinajstić information content (AvgIpc) is 3.11. The standard InChI is InChI=1S/C45H94NO3P/c1-4-7-10-13-15-17-19-21-23-25-27-29-31-33-35-37-40-43-46(50(47,48)49-45-42-39-12-9-6-3)44-41-38-36-34-32-30-28-26-24-22-20-18-16-14-11-8-5-2/h4-45H2,1-3H3,(H,47,48). The van der Waals surface area contributed by atoms with E-state index >= 15 is 0 Å². The summed E-state index contributed by atoms with van der Waals surface area (Å²) in [7, 11) is -3.71. The van der Waals surface area contributed by atoms with Gasteiger partial charge in [0.15, 0.2) is 0 Å². The molecule has 0 aromatic heterocycles. The Kier molecular flexibility index (Phi) is 42.0. The number of hydrogen-bond acceptors (Lipinski definition) is 2. The smallest absolute Gasteiger partial charge is 0.312 e. The summed E-state index contributed by atoms with van der Waals surface area (Å²) in [5.74, 6) is 0. The third-order valence-electron chi connectivity index (χ3n) is 10.9. The first-order chi connectivity index (χ1) is 24.6. The van der Waals surface area contributed by atoms with Crippen LogP contribution in [0.3, 0.4) is 0 Å². The molecule has 0 aliphatic rings. The highest BCUT2D eigenvalue weighted by atomic mass is 31.2. The van der Waals surface area contributed by atoms with Crippen molar-refractivity contribution in [1.29, 1.82) is 0 Å². The molecule has 0 saturated carbocycles. The Morgan fingerprint density at radius 1 is 0.340 bits per heavy atom. The van der Waals surface area contributed by atoms with Crippen LogP contribution in [0.5, 0.6) is 0 Å². The van der Waals surface area contributed by atoms with Gasteiger partial charge in [0.05, 0.1) is 6.61 Å². The minimum Gasteiger partial charge on any atom is -0.312 e. The van der Waals surface area contributed by atoms with Gasteiger partial charge in [-0.05, 0) is 19.3 Å². The van der Waals surface area contributed by atoms with Gasteiger partial charge in [0.1, 0.15) is 0 Å². The van der Waals surface area contributed by atoms with Gasteiger partial charge in [0.2, 0.25) is 0 Å². The topological polar surface area (TPSA) is 49.8 Å². The van der Waals surface area contributed by atoms with Crippen LogP contribution >= 0.6 is 7.75 Å². The molecule has 1 unspecified atom stereocenters. The van der Waals surface area contributed by atoms with Crippen LogP contribution in [0.1, 0.15) is 271 Å². The monoisotopic (exact) mass is 728 g/mol. The van der Waals surface area contributed by atoms with Gasteiger partial charge in [-0.2, -0.15) is 0 Å². The minimum atomic E-state index is -3.71. The Hall–Kier alpha value is 0.110. The van der Waals surface area contributed by atoms with Crippen molar-refractivity contribution in [3.05, 3.63) is 0 Å². The molecule has 0 aromatic carbocycles. The molecule has 0 rings (SSSR count). The second-order valence-corrected chi connectivity index (χ2v) is 17.8. The van der Waals surface area contributed by atoms with Crippen LogP contribution in [0.2, 0.25) is 0 Å². The molecule has 0 fully saturated rings. The lowest BCUT2D eigenvalue weighted by Crippen LogP contribution is -2.24. The Labute approximate surface area is 316 Å². The van der Waals surface area contributed by atoms with E-state index in [-0.39, 0.29) is 0 Å². The summed E-state index contributed by atoms with van der Waals surface area (Å²) >= 11 is 0. The van der Waals surface area contributed by atoms with Crippen LogP contribution in [0.25, 0.3) is 0 Å². The van der Waals surface area contributed by atoms with E-state index in [4.69, 9.17) is 4.52 Å². The van der Waals surface area contributed by atoms with Crippen molar-refractivity contribution in [3.8, 4) is 0 Å². The fourth-order valence-electron chi connectivity index (χ4n) is 7.37. The molecule has 1 N–H and O–H groups in total. The molecule has 302 valence electrons. The second-order valence-electron chi connectivity index (χ2n) is 16.0. The van der Waals surface area contributed by atoms with E-state index in [1.54, 1.807) is 0 Å². The van der Waals surface area contributed by atoms with Gasteiger partial charge in [0.25, 0.3) is 0 Å². The number of unbranched alkanes of at least 4 members (excludes halogenated alkanes) is 36. The highest BCUT2D eigenvalue weighted by molar-refractivity contribution is 7.50. The van der Waals surface area contributed by atoms with Crippen molar-refractivity contribution in [2.45, 2.75) is 271 Å². The fourth-order valence-corrected chi connectivity index (χ4v) is 8.69. The molecular weight excluding hydrogens is 633 g/mol. The van der Waals surface area contributed by atoms with Gasteiger partial charge < -0.3 is 4.89 Å². The summed E-state index contributed by atoms with van der Waals surface area (Å²) in [5, 5.41) is 0. The lowest BCUT2D eigenvalue weighted by atomic mass is 10.0. The van der Waals surface area contributed by atoms with Crippen LogP contribution in [0, 0.1) is 0 Å². The van der Waals surface area contributed by atoms with E-state index in [1.807, 2.05) is 4.67 Å². The van der Waals surface area contributed by atoms with E-state index in [0.29, 0.717) is 19.7 Å². The Bertz CT molecular complexity index is 637. The highest BCUT2D eigenvalue weighted by Crippen LogP contribution is 2.47. The van der Waals surface area contributed by atoms with Crippen molar-refractivity contribution in [3.63, 3.8) is 0 Å². The van der Waals surface area contributed by atoms with Crippen LogP contribution < -0.4 is 0 Å². The molecule has 0 aliphatic heterocycles. The molecule has 0 radical (unpaired) electrons. The molecule has 5 heteroatoms. The molecule has 1 atom stereocenters. The summed E-state index contributed by atoms with van der Waals surface area (Å²) < 4.78 is 20.8. The first-order valence-corrected chi connectivity index (χ1v) is 24.8. The zero-order chi connectivity index (χ0) is 36.5. The molecular formula is C45H94NO3P. The lowest BCUT2D eigenvalue weighted by Gasteiger charge is -2.26. The molecule has 50 heavy (non-hydrogen) atoms. The lowest BCUT2D eigenvalue weighted by molar-refractivity contribution is 0.194. The molecule has 0 spiro atoms. The van der Waals surface area contributed by atoms with E-state index in [2.05, 4.69) is 20.8 Å². The number of hydrogen-bond donors (Lipinski definition) is 1. The largest absolute Gasteiger partial charge is 0.405 e. The van der Waals surface area contributed by atoms with Crippen molar-refractivity contribution in [2.75, 3.05) is 19.7 Å². The summed E-state index contributed by atoms with van der Waals surface area (Å²) in [5.41, 5.74) is 0. The zero-order valence-electron chi connectivity index (χ0n) is 34.9. The van der Waals surface area contributed by atoms with Gasteiger partial charge in [-0.3, -0.25) is 4.52 Å². The molecule has 0 aliphatic carbocycles. The summed E-state index contributed by atoms with van der Waals surface area (Å²) in [6.07, 6.45) is 51.7. The molecule has 0 saturated heterocycles. The highest BCUT2D eigenvalue weighted by Gasteiger charge is 2.28. The SMILES string of the molecule is CCCCCCCCCCCCCCCCCCCN(CCCCCCCCCCCCCCCCCCC)P(=O)(O)OCCCCCCC. The first kappa shape index (κ1) is 50.1. The number of nitrogens with zero attached hydrogens (tertiary/aromatic N) is 1. The Balaban J connectivity index is 4.01. The quantitative estimate of drug-likeness (QED) is 0.0501. The van der Waals surface area contributed by atoms with Gasteiger partial charge in [-0.25, -0.2) is 9.24 Å². The van der Waals surface area contributed by atoms with Gasteiger partial charge in [0, 0.05) is 13.1 Å². The Morgan fingerprint density at radius 2 is 0.540 bits per heavy atom. The van der Waals surface area contributed by atoms with Crippen molar-refractivity contribution >= 4 is 7.75 Å². The first-order valence-electron chi connectivity index (χ1n) is 23.3. The molecule has 0 bridgehead atoms. The van der Waals surface area contributed by atoms with Crippen LogP contribution in [0.4, 0.5) is 0 Å². The molecule has 4 nitrogen and oxygen atoms in total. The van der Waals surface area contributed by atoms with E-state index in [1.165, 1.54) is 212 Å². The molecule has 0 amide bonds. The summed E-state index contributed by atoms with van der Waals surface area (Å²) in [6, 6.07) is 0. The van der Waals surface area contributed by atoms with Gasteiger partial charge in [-0.15, -0.1) is 0 Å². The number of rotatable bonds is 44. The summed E-state index contributed by atoms with van der Waals surface area (Å²) in [4.78, 5) is 10.9. The van der Waals surface area contributed by atoms with E-state index in [0.717, 1.165) is 38.5 Å². The minimum absolute atomic E-state index is 0.409. The van der Waals surface area contributed by atoms with E-state index in [9.17, 15) is 9.46 Å². The van der Waals surface area contributed by atoms with Crippen molar-refractivity contribution < 1.29 is 14.0 Å². The van der Waals surface area contributed by atoms with E-state index < -0.39 is 7.75 Å². The third-order valence-corrected chi connectivity index (χ3v) is 12.5. The van der Waals surface area contributed by atoms with Crippen LogP contribution in [-0.4, -0.2) is 29.3 Å².